The highest BCUT2D eigenvalue weighted by molar-refractivity contribution is 7.92. The molecule has 0 saturated heterocycles. The van der Waals surface area contributed by atoms with E-state index in [2.05, 4.69) is 9.82 Å². The minimum Gasteiger partial charge on any atom is -0.276 e. The fourth-order valence-corrected chi connectivity index (χ4v) is 5.09. The molecule has 0 spiro atoms. The van der Waals surface area contributed by atoms with E-state index in [1.807, 2.05) is 31.2 Å². The summed E-state index contributed by atoms with van der Waals surface area (Å²) in [5, 5.41) is 7.40. The zero-order chi connectivity index (χ0) is 21.5. The Morgan fingerprint density at radius 3 is 2.30 bits per heavy atom. The van der Waals surface area contributed by atoms with Gasteiger partial charge in [0.25, 0.3) is 10.0 Å². The molecule has 5 nitrogen and oxygen atoms in total. The lowest BCUT2D eigenvalue weighted by atomic mass is 10.1. The molecular weight excluding hydrogens is 441 g/mol. The molecule has 0 radical (unpaired) electrons. The Morgan fingerprint density at radius 1 is 0.933 bits per heavy atom. The van der Waals surface area contributed by atoms with Crippen LogP contribution in [0.15, 0.2) is 65.6 Å². The number of aryl methyl sites for hydroxylation is 1. The summed E-state index contributed by atoms with van der Waals surface area (Å²) < 4.78 is 30.5. The maximum absolute atomic E-state index is 13.0. The zero-order valence-corrected chi connectivity index (χ0v) is 18.7. The van der Waals surface area contributed by atoms with Crippen LogP contribution < -0.4 is 4.72 Å². The molecule has 0 saturated carbocycles. The van der Waals surface area contributed by atoms with Crippen LogP contribution >= 0.6 is 23.2 Å². The SMILES string of the molecule is Cc1nn(Cc2c(Cl)cccc2Cl)c(C)c1NS(=O)(=O)c1ccc2ccccc2c1. The first-order valence-electron chi connectivity index (χ1n) is 9.25. The topological polar surface area (TPSA) is 64.0 Å². The number of fused-ring (bicyclic) bond motifs is 1. The molecule has 0 aliphatic heterocycles. The van der Waals surface area contributed by atoms with E-state index in [0.717, 1.165) is 16.3 Å². The second kappa shape index (κ2) is 7.95. The first-order valence-corrected chi connectivity index (χ1v) is 11.5. The lowest BCUT2D eigenvalue weighted by Crippen LogP contribution is -2.14. The van der Waals surface area contributed by atoms with E-state index < -0.39 is 10.0 Å². The average molecular weight is 460 g/mol. The van der Waals surface area contributed by atoms with Crippen LogP contribution in [-0.4, -0.2) is 18.2 Å². The third kappa shape index (κ3) is 3.90. The third-order valence-corrected chi connectivity index (χ3v) is 7.07. The van der Waals surface area contributed by atoms with E-state index in [1.54, 1.807) is 48.0 Å². The van der Waals surface area contributed by atoms with Gasteiger partial charge in [0, 0.05) is 15.6 Å². The number of benzene rings is 3. The molecular formula is C22H19Cl2N3O2S. The summed E-state index contributed by atoms with van der Waals surface area (Å²) in [6.07, 6.45) is 0. The normalized spacial score (nSPS) is 11.7. The summed E-state index contributed by atoms with van der Waals surface area (Å²) in [4.78, 5) is 0.196. The van der Waals surface area contributed by atoms with E-state index in [1.165, 1.54) is 0 Å². The Labute approximate surface area is 185 Å². The van der Waals surface area contributed by atoms with Crippen molar-refractivity contribution < 1.29 is 8.42 Å². The number of nitrogens with zero attached hydrogens (tertiary/aromatic N) is 2. The zero-order valence-electron chi connectivity index (χ0n) is 16.4. The molecule has 0 aliphatic carbocycles. The van der Waals surface area contributed by atoms with Crippen molar-refractivity contribution in [3.63, 3.8) is 0 Å². The van der Waals surface area contributed by atoms with Crippen LogP contribution in [0, 0.1) is 13.8 Å². The van der Waals surface area contributed by atoms with E-state index in [0.29, 0.717) is 33.7 Å². The van der Waals surface area contributed by atoms with Gasteiger partial charge in [0.05, 0.1) is 28.5 Å². The summed E-state index contributed by atoms with van der Waals surface area (Å²) in [7, 11) is -3.78. The van der Waals surface area contributed by atoms with Gasteiger partial charge in [0.2, 0.25) is 0 Å². The molecule has 4 aromatic rings. The first-order chi connectivity index (χ1) is 14.3. The lowest BCUT2D eigenvalue weighted by Gasteiger charge is -2.11. The van der Waals surface area contributed by atoms with Crippen molar-refractivity contribution >= 4 is 49.7 Å². The van der Waals surface area contributed by atoms with Crippen LogP contribution in [0.4, 0.5) is 5.69 Å². The molecule has 4 rings (SSSR count). The first kappa shape index (κ1) is 20.7. The van der Waals surface area contributed by atoms with E-state index >= 15 is 0 Å². The summed E-state index contributed by atoms with van der Waals surface area (Å²) >= 11 is 12.6. The number of halogens is 2. The van der Waals surface area contributed by atoms with Gasteiger partial charge in [0.1, 0.15) is 0 Å². The monoisotopic (exact) mass is 459 g/mol. The molecule has 0 fully saturated rings. The summed E-state index contributed by atoms with van der Waals surface area (Å²) in [5.74, 6) is 0. The molecule has 0 aliphatic rings. The van der Waals surface area contributed by atoms with Gasteiger partial charge in [-0.25, -0.2) is 8.42 Å². The van der Waals surface area contributed by atoms with E-state index in [-0.39, 0.29) is 4.90 Å². The summed E-state index contributed by atoms with van der Waals surface area (Å²) in [6, 6.07) is 18.0. The minimum absolute atomic E-state index is 0.196. The van der Waals surface area contributed by atoms with Crippen LogP contribution in [0.25, 0.3) is 10.8 Å². The molecule has 154 valence electrons. The van der Waals surface area contributed by atoms with Gasteiger partial charge >= 0.3 is 0 Å². The van der Waals surface area contributed by atoms with E-state index in [4.69, 9.17) is 23.2 Å². The summed E-state index contributed by atoms with van der Waals surface area (Å²) in [5.41, 5.74) is 2.43. The number of nitrogens with one attached hydrogen (secondary N) is 1. The summed E-state index contributed by atoms with van der Waals surface area (Å²) in [6.45, 7) is 3.90. The van der Waals surface area contributed by atoms with Crippen molar-refractivity contribution in [2.24, 2.45) is 0 Å². The number of hydrogen-bond donors (Lipinski definition) is 1. The van der Waals surface area contributed by atoms with Gasteiger partial charge in [-0.05, 0) is 48.9 Å². The lowest BCUT2D eigenvalue weighted by molar-refractivity contribution is 0.601. The van der Waals surface area contributed by atoms with Gasteiger partial charge in [0.15, 0.2) is 0 Å². The second-order valence-electron chi connectivity index (χ2n) is 7.02. The molecule has 0 bridgehead atoms. The van der Waals surface area contributed by atoms with Gasteiger partial charge < -0.3 is 0 Å². The Morgan fingerprint density at radius 2 is 1.60 bits per heavy atom. The van der Waals surface area contributed by atoms with Crippen molar-refractivity contribution in [1.82, 2.24) is 9.78 Å². The van der Waals surface area contributed by atoms with Gasteiger partial charge in [-0.3, -0.25) is 9.40 Å². The van der Waals surface area contributed by atoms with Gasteiger partial charge in [-0.2, -0.15) is 5.10 Å². The molecule has 0 atom stereocenters. The molecule has 30 heavy (non-hydrogen) atoms. The molecule has 1 aromatic heterocycles. The molecule has 1 N–H and O–H groups in total. The maximum Gasteiger partial charge on any atom is 0.262 e. The van der Waals surface area contributed by atoms with Crippen molar-refractivity contribution in [2.45, 2.75) is 25.3 Å². The van der Waals surface area contributed by atoms with Crippen LogP contribution in [-0.2, 0) is 16.6 Å². The molecule has 8 heteroatoms. The van der Waals surface area contributed by atoms with Crippen molar-refractivity contribution in [3.05, 3.63) is 87.7 Å². The number of hydrogen-bond acceptors (Lipinski definition) is 3. The number of aromatic nitrogens is 2. The van der Waals surface area contributed by atoms with Gasteiger partial charge in [-0.15, -0.1) is 0 Å². The van der Waals surface area contributed by atoms with Crippen LogP contribution in [0.1, 0.15) is 17.0 Å². The highest BCUT2D eigenvalue weighted by Crippen LogP contribution is 2.29. The molecule has 3 aromatic carbocycles. The van der Waals surface area contributed by atoms with E-state index in [9.17, 15) is 8.42 Å². The Kier molecular flexibility index (Phi) is 5.49. The maximum atomic E-state index is 13.0. The molecule has 1 heterocycles. The second-order valence-corrected chi connectivity index (χ2v) is 9.51. The Balaban J connectivity index is 1.67. The highest BCUT2D eigenvalue weighted by Gasteiger charge is 2.21. The third-order valence-electron chi connectivity index (χ3n) is 5.02. The molecule has 0 unspecified atom stereocenters. The standard InChI is InChI=1S/C22H19Cl2N3O2S/c1-14-22(15(2)27(25-14)13-19-20(23)8-5-9-21(19)24)26-30(28,29)18-11-10-16-6-3-4-7-17(16)12-18/h3-12,26H,13H2,1-2H3. The van der Waals surface area contributed by atoms with Gasteiger partial charge in [-0.1, -0.05) is 59.6 Å². The fraction of sp³-hybridized carbons (Fsp3) is 0.136. The number of anilines is 1. The Hall–Kier alpha value is -2.54. The fourth-order valence-electron chi connectivity index (χ4n) is 3.36. The number of rotatable bonds is 5. The van der Waals surface area contributed by atoms with Crippen molar-refractivity contribution in [2.75, 3.05) is 4.72 Å². The van der Waals surface area contributed by atoms with Crippen molar-refractivity contribution in [1.29, 1.82) is 0 Å². The highest BCUT2D eigenvalue weighted by atomic mass is 35.5. The average Bonchev–Trinajstić information content (AvgIpc) is 2.97. The number of sulfonamides is 1. The Bertz CT molecular complexity index is 1340. The smallest absolute Gasteiger partial charge is 0.262 e. The van der Waals surface area contributed by atoms with Crippen molar-refractivity contribution in [3.8, 4) is 0 Å². The predicted octanol–water partition coefficient (Wildman–Crippen LogP) is 5.81. The quantitative estimate of drug-likeness (QED) is 0.409. The predicted molar refractivity (Wildman–Crippen MR) is 122 cm³/mol. The van der Waals surface area contributed by atoms with Crippen LogP contribution in [0.5, 0.6) is 0 Å². The largest absolute Gasteiger partial charge is 0.276 e. The minimum atomic E-state index is -3.78. The van der Waals surface area contributed by atoms with Crippen LogP contribution in [0.3, 0.4) is 0 Å². The molecule has 0 amide bonds. The van der Waals surface area contributed by atoms with Crippen LogP contribution in [0.2, 0.25) is 10.0 Å².